The molecule has 2 aromatic heterocycles. The van der Waals surface area contributed by atoms with Crippen LogP contribution in [0.25, 0.3) is 10.9 Å². The van der Waals surface area contributed by atoms with Crippen molar-refractivity contribution in [2.45, 2.75) is 32.6 Å². The quantitative estimate of drug-likeness (QED) is 0.551. The van der Waals surface area contributed by atoms with E-state index in [0.29, 0.717) is 11.5 Å². The molecule has 3 aromatic rings. The van der Waals surface area contributed by atoms with Gasteiger partial charge in [0.2, 0.25) is 0 Å². The number of hydrogen-bond donors (Lipinski definition) is 1. The fourth-order valence-electron chi connectivity index (χ4n) is 2.85. The second-order valence-corrected chi connectivity index (χ2v) is 7.72. The number of rotatable bonds is 4. The van der Waals surface area contributed by atoms with E-state index in [1.807, 2.05) is 43.3 Å². The number of nitrogens with zero attached hydrogens (tertiary/aromatic N) is 2. The Morgan fingerprint density at radius 3 is 2.76 bits per heavy atom. The number of amides is 1. The predicted molar refractivity (Wildman–Crippen MR) is 102 cm³/mol. The van der Waals surface area contributed by atoms with Gasteiger partial charge in [0.1, 0.15) is 0 Å². The highest BCUT2D eigenvalue weighted by atomic mass is 32.1. The van der Waals surface area contributed by atoms with Crippen molar-refractivity contribution in [3.63, 3.8) is 0 Å². The van der Waals surface area contributed by atoms with Gasteiger partial charge in [-0.2, -0.15) is 5.10 Å². The zero-order chi connectivity index (χ0) is 17.4. The number of aromatic nitrogens is 1. The minimum Gasteiger partial charge on any atom is -0.267 e. The second-order valence-electron chi connectivity index (χ2n) is 6.43. The zero-order valence-electron chi connectivity index (χ0n) is 14.2. The molecule has 1 aliphatic rings. The van der Waals surface area contributed by atoms with Gasteiger partial charge in [0, 0.05) is 21.9 Å². The molecule has 1 N–H and O–H groups in total. The Labute approximate surface area is 150 Å². The number of aryl methyl sites for hydroxylation is 1. The number of para-hydroxylation sites is 1. The molecule has 0 atom stereocenters. The van der Waals surface area contributed by atoms with E-state index in [0.717, 1.165) is 40.0 Å². The molecule has 0 aliphatic heterocycles. The Hall–Kier alpha value is -2.53. The maximum absolute atomic E-state index is 12.8. The molecule has 0 saturated heterocycles. The summed E-state index contributed by atoms with van der Waals surface area (Å²) in [6, 6.07) is 13.8. The summed E-state index contributed by atoms with van der Waals surface area (Å²) in [5, 5.41) is 5.15. The fourth-order valence-corrected chi connectivity index (χ4v) is 3.66. The van der Waals surface area contributed by atoms with E-state index < -0.39 is 0 Å². The van der Waals surface area contributed by atoms with E-state index in [1.165, 1.54) is 4.88 Å². The van der Waals surface area contributed by atoms with Crippen LogP contribution in [0.15, 0.2) is 47.6 Å². The smallest absolute Gasteiger partial charge is 0.267 e. The number of hydrogen-bond acceptors (Lipinski definition) is 4. The lowest BCUT2D eigenvalue weighted by atomic mass is 10.1. The van der Waals surface area contributed by atoms with E-state index in [1.54, 1.807) is 11.3 Å². The van der Waals surface area contributed by atoms with E-state index >= 15 is 0 Å². The number of hydrazone groups is 1. The van der Waals surface area contributed by atoms with Crippen molar-refractivity contribution in [3.05, 3.63) is 63.5 Å². The van der Waals surface area contributed by atoms with E-state index in [-0.39, 0.29) is 5.91 Å². The number of benzene rings is 1. The van der Waals surface area contributed by atoms with Gasteiger partial charge in [0.25, 0.3) is 5.91 Å². The number of fused-ring (bicyclic) bond motifs is 1. The summed E-state index contributed by atoms with van der Waals surface area (Å²) in [4.78, 5) is 19.8. The van der Waals surface area contributed by atoms with Gasteiger partial charge in [-0.25, -0.2) is 5.43 Å². The van der Waals surface area contributed by atoms with Crippen LogP contribution in [0.5, 0.6) is 0 Å². The molecular formula is C20H19N3OS. The lowest BCUT2D eigenvalue weighted by molar-refractivity contribution is 0.0956. The molecule has 2 heterocycles. The van der Waals surface area contributed by atoms with Gasteiger partial charge in [0.05, 0.1) is 21.7 Å². The normalized spacial score (nSPS) is 14.7. The summed E-state index contributed by atoms with van der Waals surface area (Å²) in [7, 11) is 0. The topological polar surface area (TPSA) is 54.4 Å². The Balaban J connectivity index is 1.65. The van der Waals surface area contributed by atoms with Crippen molar-refractivity contribution in [1.29, 1.82) is 0 Å². The molecular weight excluding hydrogens is 330 g/mol. The highest BCUT2D eigenvalue weighted by Gasteiger charge is 2.26. The molecule has 1 aromatic carbocycles. The maximum atomic E-state index is 12.8. The largest absolute Gasteiger partial charge is 0.272 e. The average molecular weight is 349 g/mol. The second kappa shape index (κ2) is 6.41. The standard InChI is InChI=1S/C20H19N3OS/c1-12-7-10-19(25-12)13(2)22-23-20(24)16-11-18(14-8-9-14)21-17-6-4-3-5-15(16)17/h3-7,10-11,14H,8-9H2,1-2H3,(H,23,24)/b22-13+. The minimum atomic E-state index is -0.187. The molecule has 5 heteroatoms. The molecule has 1 fully saturated rings. The van der Waals surface area contributed by atoms with Crippen LogP contribution in [-0.4, -0.2) is 16.6 Å². The van der Waals surface area contributed by atoms with Gasteiger partial charge < -0.3 is 0 Å². The Morgan fingerprint density at radius 2 is 2.04 bits per heavy atom. The van der Waals surface area contributed by atoms with Crippen LogP contribution < -0.4 is 5.43 Å². The molecule has 0 unspecified atom stereocenters. The van der Waals surface area contributed by atoms with E-state index in [9.17, 15) is 4.79 Å². The van der Waals surface area contributed by atoms with Crippen molar-refractivity contribution in [1.82, 2.24) is 10.4 Å². The van der Waals surface area contributed by atoms with E-state index in [4.69, 9.17) is 4.98 Å². The first-order valence-corrected chi connectivity index (χ1v) is 9.24. The molecule has 0 radical (unpaired) electrons. The molecule has 1 aliphatic carbocycles. The van der Waals surface area contributed by atoms with Crippen molar-refractivity contribution in [2.75, 3.05) is 0 Å². The summed E-state index contributed by atoms with van der Waals surface area (Å²) >= 11 is 1.67. The number of thiophene rings is 1. The van der Waals surface area contributed by atoms with Crippen molar-refractivity contribution < 1.29 is 4.79 Å². The van der Waals surface area contributed by atoms with Crippen molar-refractivity contribution in [3.8, 4) is 0 Å². The van der Waals surface area contributed by atoms with Gasteiger partial charge in [0.15, 0.2) is 0 Å². The van der Waals surface area contributed by atoms with Crippen molar-refractivity contribution in [2.24, 2.45) is 5.10 Å². The first-order valence-electron chi connectivity index (χ1n) is 8.43. The third-order valence-corrected chi connectivity index (χ3v) is 5.51. The molecule has 1 saturated carbocycles. The van der Waals surface area contributed by atoms with Crippen LogP contribution in [0.4, 0.5) is 0 Å². The minimum absolute atomic E-state index is 0.187. The fraction of sp³-hybridized carbons (Fsp3) is 0.250. The Bertz CT molecular complexity index is 986. The lowest BCUT2D eigenvalue weighted by Crippen LogP contribution is -2.20. The summed E-state index contributed by atoms with van der Waals surface area (Å²) in [6.45, 7) is 3.97. The molecule has 4 nitrogen and oxygen atoms in total. The zero-order valence-corrected chi connectivity index (χ0v) is 15.1. The van der Waals surface area contributed by atoms with Crippen LogP contribution in [0.2, 0.25) is 0 Å². The van der Waals surface area contributed by atoms with Crippen LogP contribution in [-0.2, 0) is 0 Å². The van der Waals surface area contributed by atoms with Crippen LogP contribution in [0.3, 0.4) is 0 Å². The SMILES string of the molecule is C/C(=N\NC(=O)c1cc(C2CC2)nc2ccccc12)c1ccc(C)s1. The third-order valence-electron chi connectivity index (χ3n) is 4.40. The summed E-state index contributed by atoms with van der Waals surface area (Å²) < 4.78 is 0. The molecule has 25 heavy (non-hydrogen) atoms. The first kappa shape index (κ1) is 16.0. The predicted octanol–water partition coefficient (Wildman–Crippen LogP) is 4.64. The highest BCUT2D eigenvalue weighted by molar-refractivity contribution is 7.14. The number of carbonyl (C=O) groups excluding carboxylic acids is 1. The first-order chi connectivity index (χ1) is 12.1. The van der Waals surface area contributed by atoms with Gasteiger partial charge in [-0.1, -0.05) is 18.2 Å². The van der Waals surface area contributed by atoms with E-state index in [2.05, 4.69) is 23.5 Å². The number of nitrogens with one attached hydrogen (secondary N) is 1. The molecule has 126 valence electrons. The van der Waals surface area contributed by atoms with Crippen LogP contribution >= 0.6 is 11.3 Å². The summed E-state index contributed by atoms with van der Waals surface area (Å²) in [5.41, 5.74) is 6.05. The monoisotopic (exact) mass is 349 g/mol. The van der Waals surface area contributed by atoms with Crippen molar-refractivity contribution >= 4 is 33.9 Å². The average Bonchev–Trinajstić information content (AvgIpc) is 3.39. The molecule has 4 rings (SSSR count). The Morgan fingerprint density at radius 1 is 1.24 bits per heavy atom. The molecule has 0 spiro atoms. The number of pyridine rings is 1. The van der Waals surface area contributed by atoms with Gasteiger partial charge in [-0.15, -0.1) is 11.3 Å². The van der Waals surface area contributed by atoms with Gasteiger partial charge in [-0.05, 0) is 51.0 Å². The highest BCUT2D eigenvalue weighted by Crippen LogP contribution is 2.40. The number of carbonyl (C=O) groups is 1. The molecule has 0 bridgehead atoms. The van der Waals surface area contributed by atoms with Crippen LogP contribution in [0.1, 0.15) is 51.5 Å². The Kier molecular flexibility index (Phi) is 4.09. The summed E-state index contributed by atoms with van der Waals surface area (Å²) in [6.07, 6.45) is 2.31. The summed E-state index contributed by atoms with van der Waals surface area (Å²) in [5.74, 6) is 0.309. The third kappa shape index (κ3) is 3.33. The van der Waals surface area contributed by atoms with Crippen LogP contribution in [0, 0.1) is 6.92 Å². The van der Waals surface area contributed by atoms with Gasteiger partial charge >= 0.3 is 0 Å². The maximum Gasteiger partial charge on any atom is 0.272 e. The lowest BCUT2D eigenvalue weighted by Gasteiger charge is -2.08. The molecule has 1 amide bonds. The van der Waals surface area contributed by atoms with Gasteiger partial charge in [-0.3, -0.25) is 9.78 Å².